The molecule has 1 aliphatic heterocycles. The molecule has 5 N–H and O–H groups in total. The highest BCUT2D eigenvalue weighted by Crippen LogP contribution is 2.30. The van der Waals surface area contributed by atoms with Gasteiger partial charge in [-0.3, -0.25) is 19.1 Å². The molecular weight excluding hydrogens is 420 g/mol. The predicted octanol–water partition coefficient (Wildman–Crippen LogP) is -0.744. The molecule has 1 aliphatic rings. The lowest BCUT2D eigenvalue weighted by Gasteiger charge is -2.20. The maximum atomic E-state index is 12.7. The van der Waals surface area contributed by atoms with Crippen molar-refractivity contribution < 1.29 is 24.5 Å². The van der Waals surface area contributed by atoms with Crippen molar-refractivity contribution in [2.75, 3.05) is 20.3 Å². The number of hydrogen-bond donors (Lipinski definition) is 5. The van der Waals surface area contributed by atoms with Crippen molar-refractivity contribution >= 4 is 16.8 Å². The Morgan fingerprint density at radius 2 is 2.09 bits per heavy atom. The van der Waals surface area contributed by atoms with E-state index < -0.39 is 48.3 Å². The van der Waals surface area contributed by atoms with E-state index >= 15 is 0 Å². The van der Waals surface area contributed by atoms with Crippen LogP contribution in [0, 0.1) is 0 Å². The molecule has 4 rings (SSSR count). The molecule has 4 atom stereocenters. The van der Waals surface area contributed by atoms with E-state index in [2.05, 4.69) is 15.3 Å². The van der Waals surface area contributed by atoms with Gasteiger partial charge in [-0.25, -0.2) is 4.79 Å². The summed E-state index contributed by atoms with van der Waals surface area (Å²) in [5.74, 6) is -0.661. The summed E-state index contributed by atoms with van der Waals surface area (Å²) in [6.45, 7) is -0.220. The van der Waals surface area contributed by atoms with Crippen LogP contribution >= 0.6 is 0 Å². The number of aromatic nitrogens is 3. The number of amides is 1. The van der Waals surface area contributed by atoms with Gasteiger partial charge in [0.25, 0.3) is 11.5 Å². The molecule has 11 nitrogen and oxygen atoms in total. The SMILES string of the molecule is CO[C@@H]1[C@@H](O)[C@@H](CO)O[C@H]1n1cc(C(=O)NCCc2c[nH]c3ccccc23)c(=O)[nH]c1=O. The van der Waals surface area contributed by atoms with E-state index in [1.165, 1.54) is 7.11 Å². The minimum atomic E-state index is -1.19. The van der Waals surface area contributed by atoms with Crippen LogP contribution in [0.5, 0.6) is 0 Å². The van der Waals surface area contributed by atoms with Crippen molar-refractivity contribution in [3.8, 4) is 0 Å². The summed E-state index contributed by atoms with van der Waals surface area (Å²) in [4.78, 5) is 42.5. The Bertz CT molecular complexity index is 1230. The fourth-order valence-electron chi connectivity index (χ4n) is 3.93. The molecule has 1 fully saturated rings. The molecule has 0 radical (unpaired) electrons. The van der Waals surface area contributed by atoms with Crippen LogP contribution in [0.3, 0.4) is 0 Å². The third kappa shape index (κ3) is 3.98. The fraction of sp³-hybridized carbons (Fsp3) is 0.381. The van der Waals surface area contributed by atoms with Crippen molar-refractivity contribution in [2.24, 2.45) is 0 Å². The van der Waals surface area contributed by atoms with Gasteiger partial charge < -0.3 is 30.0 Å². The smallest absolute Gasteiger partial charge is 0.330 e. The third-order valence-corrected chi connectivity index (χ3v) is 5.61. The molecule has 0 unspecified atom stereocenters. The number of carbonyl (C=O) groups excluding carboxylic acids is 1. The van der Waals surface area contributed by atoms with Crippen LogP contribution in [0.4, 0.5) is 0 Å². The maximum absolute atomic E-state index is 12.7. The van der Waals surface area contributed by atoms with Crippen LogP contribution in [-0.4, -0.2) is 69.2 Å². The molecule has 1 amide bonds. The molecule has 0 spiro atoms. The molecule has 0 aliphatic carbocycles. The van der Waals surface area contributed by atoms with E-state index in [1.54, 1.807) is 0 Å². The van der Waals surface area contributed by atoms with Crippen LogP contribution in [0.2, 0.25) is 0 Å². The summed E-state index contributed by atoms with van der Waals surface area (Å²) in [7, 11) is 1.32. The standard InChI is InChI=1S/C21H24N4O7/c1-31-17-16(27)15(10-26)32-20(17)25-9-13(19(29)24-21(25)30)18(28)22-7-6-11-8-23-14-5-3-2-4-12(11)14/h2-5,8-9,15-17,20,23,26-27H,6-7,10H2,1H3,(H,22,28)(H,24,29,30)/t15-,16+,17-,20-/m1/s1. The van der Waals surface area contributed by atoms with Crippen LogP contribution in [-0.2, 0) is 15.9 Å². The number of aromatic amines is 2. The molecule has 170 valence electrons. The van der Waals surface area contributed by atoms with E-state index in [0.717, 1.165) is 27.2 Å². The average molecular weight is 444 g/mol. The Labute approximate surface area is 181 Å². The molecule has 32 heavy (non-hydrogen) atoms. The van der Waals surface area contributed by atoms with E-state index in [9.17, 15) is 24.6 Å². The van der Waals surface area contributed by atoms with Crippen LogP contribution in [0.15, 0.2) is 46.2 Å². The second-order valence-electron chi connectivity index (χ2n) is 7.51. The lowest BCUT2D eigenvalue weighted by Crippen LogP contribution is -2.41. The van der Waals surface area contributed by atoms with Crippen LogP contribution in [0.25, 0.3) is 10.9 Å². The molecule has 1 aromatic carbocycles. The van der Waals surface area contributed by atoms with Gasteiger partial charge >= 0.3 is 5.69 Å². The number of nitrogens with zero attached hydrogens (tertiary/aromatic N) is 1. The van der Waals surface area contributed by atoms with E-state index in [-0.39, 0.29) is 12.1 Å². The molecule has 0 saturated carbocycles. The number of ether oxygens (including phenoxy) is 2. The monoisotopic (exact) mass is 444 g/mol. The van der Waals surface area contributed by atoms with Crippen molar-refractivity contribution in [3.05, 3.63) is 68.6 Å². The molecule has 1 saturated heterocycles. The Morgan fingerprint density at radius 3 is 2.84 bits per heavy atom. The number of benzene rings is 1. The van der Waals surface area contributed by atoms with Gasteiger partial charge in [0, 0.05) is 37.0 Å². The van der Waals surface area contributed by atoms with Crippen LogP contribution in [0.1, 0.15) is 22.1 Å². The number of hydrogen-bond acceptors (Lipinski definition) is 7. The third-order valence-electron chi connectivity index (χ3n) is 5.61. The summed E-state index contributed by atoms with van der Waals surface area (Å²) >= 11 is 0. The number of carbonyl (C=O) groups is 1. The molecule has 3 aromatic rings. The summed E-state index contributed by atoms with van der Waals surface area (Å²) < 4.78 is 11.7. The summed E-state index contributed by atoms with van der Waals surface area (Å²) in [5, 5.41) is 23.3. The number of methoxy groups -OCH3 is 1. The molecule has 11 heteroatoms. The first-order valence-corrected chi connectivity index (χ1v) is 10.1. The van der Waals surface area contributed by atoms with Gasteiger partial charge in [-0.1, -0.05) is 18.2 Å². The number of para-hydroxylation sites is 1. The van der Waals surface area contributed by atoms with Crippen molar-refractivity contribution in [1.82, 2.24) is 19.9 Å². The normalized spacial score (nSPS) is 23.0. The number of aliphatic hydroxyl groups is 2. The lowest BCUT2D eigenvalue weighted by atomic mass is 10.1. The average Bonchev–Trinajstić information content (AvgIpc) is 3.34. The molecular formula is C21H24N4O7. The Hall–Kier alpha value is -3.25. The zero-order valence-electron chi connectivity index (χ0n) is 17.3. The van der Waals surface area contributed by atoms with Crippen molar-refractivity contribution in [1.29, 1.82) is 0 Å². The maximum Gasteiger partial charge on any atom is 0.330 e. The van der Waals surface area contributed by atoms with Gasteiger partial charge in [0.2, 0.25) is 0 Å². The van der Waals surface area contributed by atoms with Gasteiger partial charge in [0.1, 0.15) is 23.9 Å². The van der Waals surface area contributed by atoms with Gasteiger partial charge in [0.05, 0.1) is 6.61 Å². The zero-order chi connectivity index (χ0) is 22.8. The Balaban J connectivity index is 1.51. The van der Waals surface area contributed by atoms with Crippen molar-refractivity contribution in [2.45, 2.75) is 31.0 Å². The minimum absolute atomic E-state index is 0.269. The highest BCUT2D eigenvalue weighted by Gasteiger charge is 2.45. The second kappa shape index (κ2) is 9.09. The first-order chi connectivity index (χ1) is 15.4. The highest BCUT2D eigenvalue weighted by molar-refractivity contribution is 5.93. The van der Waals surface area contributed by atoms with Gasteiger partial charge in [-0.15, -0.1) is 0 Å². The number of aliphatic hydroxyl groups excluding tert-OH is 2. The van der Waals surface area contributed by atoms with Crippen molar-refractivity contribution in [3.63, 3.8) is 0 Å². The number of rotatable bonds is 7. The van der Waals surface area contributed by atoms with Crippen LogP contribution < -0.4 is 16.6 Å². The second-order valence-corrected chi connectivity index (χ2v) is 7.51. The van der Waals surface area contributed by atoms with E-state index in [1.807, 2.05) is 30.5 Å². The fourth-order valence-corrected chi connectivity index (χ4v) is 3.93. The van der Waals surface area contributed by atoms with Gasteiger partial charge in [0.15, 0.2) is 6.23 Å². The number of nitrogens with one attached hydrogen (secondary N) is 3. The molecule has 3 heterocycles. The zero-order valence-corrected chi connectivity index (χ0v) is 17.3. The lowest BCUT2D eigenvalue weighted by molar-refractivity contribution is -0.0626. The van der Waals surface area contributed by atoms with Gasteiger partial charge in [-0.2, -0.15) is 0 Å². The summed E-state index contributed by atoms with van der Waals surface area (Å²) in [6, 6.07) is 7.79. The number of fused-ring (bicyclic) bond motifs is 1. The molecule has 0 bridgehead atoms. The Morgan fingerprint density at radius 1 is 1.31 bits per heavy atom. The quantitative estimate of drug-likeness (QED) is 0.321. The summed E-state index contributed by atoms with van der Waals surface area (Å²) in [6.07, 6.45) is -0.794. The van der Waals surface area contributed by atoms with Gasteiger partial charge in [-0.05, 0) is 18.1 Å². The predicted molar refractivity (Wildman–Crippen MR) is 113 cm³/mol. The summed E-state index contributed by atoms with van der Waals surface area (Å²) in [5.41, 5.74) is 0.0465. The van der Waals surface area contributed by atoms with E-state index in [4.69, 9.17) is 9.47 Å². The highest BCUT2D eigenvalue weighted by atomic mass is 16.6. The molecule has 2 aromatic heterocycles. The first kappa shape index (κ1) is 22.0. The first-order valence-electron chi connectivity index (χ1n) is 10.1. The minimum Gasteiger partial charge on any atom is -0.394 e. The topological polar surface area (TPSA) is 159 Å². The number of H-pyrrole nitrogens is 2. The largest absolute Gasteiger partial charge is 0.394 e. The van der Waals surface area contributed by atoms with E-state index in [0.29, 0.717) is 6.42 Å². The Kier molecular flexibility index (Phi) is 6.24.